The number of rotatable bonds is 2. The number of aromatic nitrogens is 2. The van der Waals surface area contributed by atoms with Crippen LogP contribution in [-0.2, 0) is 0 Å². The SMILES string of the molecule is O=c1cc(NC2CC2)nc2ccccn12. The Morgan fingerprint density at radius 3 is 3.07 bits per heavy atom. The van der Waals surface area contributed by atoms with Crippen molar-refractivity contribution in [1.82, 2.24) is 9.38 Å². The third-order valence-corrected chi connectivity index (χ3v) is 2.50. The van der Waals surface area contributed by atoms with Crippen molar-refractivity contribution in [3.8, 4) is 0 Å². The first-order chi connectivity index (χ1) is 7.33. The van der Waals surface area contributed by atoms with E-state index in [1.165, 1.54) is 17.2 Å². The first kappa shape index (κ1) is 8.47. The molecule has 1 saturated carbocycles. The Morgan fingerprint density at radius 2 is 2.27 bits per heavy atom. The largest absolute Gasteiger partial charge is 0.367 e. The summed E-state index contributed by atoms with van der Waals surface area (Å²) in [4.78, 5) is 16.1. The molecule has 0 saturated heterocycles. The van der Waals surface area contributed by atoms with Crippen LogP contribution in [0.3, 0.4) is 0 Å². The van der Waals surface area contributed by atoms with Gasteiger partial charge >= 0.3 is 0 Å². The summed E-state index contributed by atoms with van der Waals surface area (Å²) in [5, 5.41) is 3.22. The number of anilines is 1. The minimum absolute atomic E-state index is 0.0382. The summed E-state index contributed by atoms with van der Waals surface area (Å²) in [6, 6.07) is 7.60. The van der Waals surface area contributed by atoms with E-state index in [0.717, 1.165) is 0 Å². The Labute approximate surface area is 86.6 Å². The maximum atomic E-state index is 11.7. The molecular weight excluding hydrogens is 190 g/mol. The average molecular weight is 201 g/mol. The second kappa shape index (κ2) is 3.08. The fourth-order valence-corrected chi connectivity index (χ4v) is 1.56. The van der Waals surface area contributed by atoms with Gasteiger partial charge in [0.15, 0.2) is 0 Å². The van der Waals surface area contributed by atoms with Crippen LogP contribution in [0.15, 0.2) is 35.3 Å². The molecule has 3 rings (SSSR count). The molecule has 0 atom stereocenters. The predicted molar refractivity (Wildman–Crippen MR) is 58.1 cm³/mol. The molecule has 0 radical (unpaired) electrons. The van der Waals surface area contributed by atoms with Gasteiger partial charge in [0, 0.05) is 18.3 Å². The summed E-state index contributed by atoms with van der Waals surface area (Å²) >= 11 is 0. The predicted octanol–water partition coefficient (Wildman–Crippen LogP) is 1.27. The third kappa shape index (κ3) is 1.58. The van der Waals surface area contributed by atoms with Crippen molar-refractivity contribution in [3.63, 3.8) is 0 Å². The quantitative estimate of drug-likeness (QED) is 0.795. The van der Waals surface area contributed by atoms with Crippen molar-refractivity contribution in [2.45, 2.75) is 18.9 Å². The number of fused-ring (bicyclic) bond motifs is 1. The molecule has 76 valence electrons. The van der Waals surface area contributed by atoms with Gasteiger partial charge < -0.3 is 5.32 Å². The van der Waals surface area contributed by atoms with E-state index in [9.17, 15) is 4.79 Å². The molecule has 0 spiro atoms. The van der Waals surface area contributed by atoms with E-state index in [-0.39, 0.29) is 5.56 Å². The van der Waals surface area contributed by atoms with E-state index < -0.39 is 0 Å². The Hall–Kier alpha value is -1.84. The highest BCUT2D eigenvalue weighted by Gasteiger charge is 2.21. The molecule has 0 aromatic carbocycles. The van der Waals surface area contributed by atoms with Crippen LogP contribution in [0.2, 0.25) is 0 Å². The second-order valence-corrected chi connectivity index (χ2v) is 3.83. The first-order valence-corrected chi connectivity index (χ1v) is 5.08. The summed E-state index contributed by atoms with van der Waals surface area (Å²) in [7, 11) is 0. The van der Waals surface area contributed by atoms with E-state index in [0.29, 0.717) is 17.5 Å². The molecular formula is C11H11N3O. The summed E-state index contributed by atoms with van der Waals surface area (Å²) in [5.41, 5.74) is 0.650. The molecule has 4 heteroatoms. The Bertz CT molecular complexity index is 557. The molecule has 2 heterocycles. The van der Waals surface area contributed by atoms with Gasteiger partial charge in [-0.2, -0.15) is 0 Å². The van der Waals surface area contributed by atoms with Crippen molar-refractivity contribution >= 4 is 11.5 Å². The fourth-order valence-electron chi connectivity index (χ4n) is 1.56. The Kier molecular flexibility index (Phi) is 1.74. The van der Waals surface area contributed by atoms with Gasteiger partial charge in [-0.05, 0) is 25.0 Å². The van der Waals surface area contributed by atoms with Gasteiger partial charge in [-0.3, -0.25) is 9.20 Å². The van der Waals surface area contributed by atoms with Crippen LogP contribution in [0, 0.1) is 0 Å². The molecule has 1 aliphatic carbocycles. The smallest absolute Gasteiger partial charge is 0.259 e. The van der Waals surface area contributed by atoms with E-state index in [1.54, 1.807) is 12.3 Å². The number of hydrogen-bond donors (Lipinski definition) is 1. The maximum Gasteiger partial charge on any atom is 0.259 e. The lowest BCUT2D eigenvalue weighted by molar-refractivity contribution is 1.02. The monoisotopic (exact) mass is 201 g/mol. The van der Waals surface area contributed by atoms with Crippen LogP contribution >= 0.6 is 0 Å². The molecule has 0 aliphatic heterocycles. The molecule has 15 heavy (non-hydrogen) atoms. The molecule has 1 N–H and O–H groups in total. The molecule has 0 unspecified atom stereocenters. The molecule has 2 aromatic rings. The summed E-state index contributed by atoms with van der Waals surface area (Å²) in [6.07, 6.45) is 4.08. The van der Waals surface area contributed by atoms with E-state index in [1.807, 2.05) is 18.2 Å². The van der Waals surface area contributed by atoms with Gasteiger partial charge in [-0.25, -0.2) is 4.98 Å². The minimum atomic E-state index is -0.0382. The molecule has 1 fully saturated rings. The highest BCUT2D eigenvalue weighted by molar-refractivity contribution is 5.47. The topological polar surface area (TPSA) is 46.4 Å². The van der Waals surface area contributed by atoms with Crippen LogP contribution in [0.1, 0.15) is 12.8 Å². The van der Waals surface area contributed by atoms with Gasteiger partial charge in [0.05, 0.1) is 0 Å². The minimum Gasteiger partial charge on any atom is -0.367 e. The van der Waals surface area contributed by atoms with Crippen molar-refractivity contribution in [2.75, 3.05) is 5.32 Å². The zero-order chi connectivity index (χ0) is 10.3. The van der Waals surface area contributed by atoms with Crippen LogP contribution in [0.5, 0.6) is 0 Å². The van der Waals surface area contributed by atoms with Crippen LogP contribution < -0.4 is 10.9 Å². The normalized spacial score (nSPS) is 15.5. The zero-order valence-electron chi connectivity index (χ0n) is 8.18. The number of pyridine rings is 1. The Balaban J connectivity index is 2.13. The number of nitrogens with zero attached hydrogens (tertiary/aromatic N) is 2. The van der Waals surface area contributed by atoms with Gasteiger partial charge in [0.25, 0.3) is 5.56 Å². The number of hydrogen-bond acceptors (Lipinski definition) is 3. The van der Waals surface area contributed by atoms with E-state index in [4.69, 9.17) is 0 Å². The van der Waals surface area contributed by atoms with Crippen LogP contribution in [0.25, 0.3) is 5.65 Å². The lowest BCUT2D eigenvalue weighted by atomic mass is 10.4. The first-order valence-electron chi connectivity index (χ1n) is 5.08. The van der Waals surface area contributed by atoms with Crippen molar-refractivity contribution in [3.05, 3.63) is 40.8 Å². The highest BCUT2D eigenvalue weighted by Crippen LogP contribution is 2.23. The van der Waals surface area contributed by atoms with Gasteiger partial charge in [-0.15, -0.1) is 0 Å². The van der Waals surface area contributed by atoms with Gasteiger partial charge in [0.1, 0.15) is 11.5 Å². The second-order valence-electron chi connectivity index (χ2n) is 3.83. The average Bonchev–Trinajstić information content (AvgIpc) is 3.02. The zero-order valence-corrected chi connectivity index (χ0v) is 8.18. The van der Waals surface area contributed by atoms with Crippen LogP contribution in [0.4, 0.5) is 5.82 Å². The summed E-state index contributed by atoms with van der Waals surface area (Å²) < 4.78 is 1.54. The third-order valence-electron chi connectivity index (χ3n) is 2.50. The standard InChI is InChI=1S/C11H11N3O/c15-11-7-9(12-8-4-5-8)13-10-3-1-2-6-14(10)11/h1-3,6-8,12H,4-5H2. The Morgan fingerprint density at radius 1 is 1.40 bits per heavy atom. The molecule has 4 nitrogen and oxygen atoms in total. The van der Waals surface area contributed by atoms with E-state index in [2.05, 4.69) is 10.3 Å². The van der Waals surface area contributed by atoms with E-state index >= 15 is 0 Å². The van der Waals surface area contributed by atoms with Crippen molar-refractivity contribution in [2.24, 2.45) is 0 Å². The fraction of sp³-hybridized carbons (Fsp3) is 0.273. The summed E-state index contributed by atoms with van der Waals surface area (Å²) in [6.45, 7) is 0. The van der Waals surface area contributed by atoms with Gasteiger partial charge in [0.2, 0.25) is 0 Å². The number of nitrogens with one attached hydrogen (secondary N) is 1. The van der Waals surface area contributed by atoms with Crippen LogP contribution in [-0.4, -0.2) is 15.4 Å². The molecule has 1 aliphatic rings. The molecule has 0 bridgehead atoms. The lowest BCUT2D eigenvalue weighted by Crippen LogP contribution is -2.16. The maximum absolute atomic E-state index is 11.7. The summed E-state index contributed by atoms with van der Waals surface area (Å²) in [5.74, 6) is 0.689. The van der Waals surface area contributed by atoms with Crippen molar-refractivity contribution in [1.29, 1.82) is 0 Å². The molecule has 2 aromatic heterocycles. The molecule has 0 amide bonds. The lowest BCUT2D eigenvalue weighted by Gasteiger charge is -2.04. The van der Waals surface area contributed by atoms with Crippen molar-refractivity contribution < 1.29 is 0 Å². The highest BCUT2D eigenvalue weighted by atomic mass is 16.1. The van der Waals surface area contributed by atoms with Gasteiger partial charge in [-0.1, -0.05) is 6.07 Å².